The van der Waals surface area contributed by atoms with Crippen LogP contribution in [0.25, 0.3) is 0 Å². The molecule has 1 aromatic carbocycles. The van der Waals surface area contributed by atoms with Gasteiger partial charge < -0.3 is 10.1 Å². The lowest BCUT2D eigenvalue weighted by atomic mass is 9.99. The van der Waals surface area contributed by atoms with E-state index in [1.165, 1.54) is 36.8 Å². The normalized spacial score (nSPS) is 19.0. The number of fused-ring (bicyclic) bond motifs is 1. The Bertz CT molecular complexity index is 337. The maximum atomic E-state index is 5.62. The molecule has 1 aromatic rings. The lowest BCUT2D eigenvalue weighted by Gasteiger charge is -2.26. The van der Waals surface area contributed by atoms with Crippen molar-refractivity contribution in [2.75, 3.05) is 13.2 Å². The summed E-state index contributed by atoms with van der Waals surface area (Å²) >= 11 is 0. The smallest absolute Gasteiger partial charge is 0.0721 e. The van der Waals surface area contributed by atoms with Crippen molar-refractivity contribution in [2.24, 2.45) is 0 Å². The van der Waals surface area contributed by atoms with Gasteiger partial charge in [-0.25, -0.2) is 0 Å². The average molecular weight is 233 g/mol. The summed E-state index contributed by atoms with van der Waals surface area (Å²) in [6.45, 7) is 4.93. The van der Waals surface area contributed by atoms with Crippen molar-refractivity contribution in [3.05, 3.63) is 35.4 Å². The first-order valence-corrected chi connectivity index (χ1v) is 6.80. The van der Waals surface area contributed by atoms with Crippen molar-refractivity contribution in [3.8, 4) is 0 Å². The maximum absolute atomic E-state index is 5.62. The maximum Gasteiger partial charge on any atom is 0.0721 e. The van der Waals surface area contributed by atoms with Crippen molar-refractivity contribution < 1.29 is 4.74 Å². The molecule has 94 valence electrons. The highest BCUT2D eigenvalue weighted by atomic mass is 16.5. The highest BCUT2D eigenvalue weighted by molar-refractivity contribution is 5.30. The fraction of sp³-hybridized carbons (Fsp3) is 0.600. The fourth-order valence-corrected chi connectivity index (χ4v) is 2.38. The van der Waals surface area contributed by atoms with E-state index in [1.807, 2.05) is 0 Å². The molecule has 0 spiro atoms. The van der Waals surface area contributed by atoms with Crippen LogP contribution in [0, 0.1) is 0 Å². The molecule has 1 N–H and O–H groups in total. The van der Waals surface area contributed by atoms with Crippen molar-refractivity contribution in [1.82, 2.24) is 5.32 Å². The summed E-state index contributed by atoms with van der Waals surface area (Å²) in [7, 11) is 0. The van der Waals surface area contributed by atoms with E-state index in [4.69, 9.17) is 4.74 Å². The van der Waals surface area contributed by atoms with Gasteiger partial charge in [-0.2, -0.15) is 0 Å². The van der Waals surface area contributed by atoms with Gasteiger partial charge in [0.2, 0.25) is 0 Å². The van der Waals surface area contributed by atoms with Gasteiger partial charge in [0, 0.05) is 0 Å². The molecule has 2 rings (SSSR count). The van der Waals surface area contributed by atoms with Gasteiger partial charge >= 0.3 is 0 Å². The first-order valence-electron chi connectivity index (χ1n) is 6.80. The molecule has 1 heterocycles. The topological polar surface area (TPSA) is 21.3 Å². The molecule has 0 aromatic heterocycles. The monoisotopic (exact) mass is 233 g/mol. The summed E-state index contributed by atoms with van der Waals surface area (Å²) in [6, 6.07) is 8.99. The molecule has 1 aliphatic rings. The van der Waals surface area contributed by atoms with Crippen LogP contribution >= 0.6 is 0 Å². The molecule has 2 nitrogen and oxygen atoms in total. The minimum absolute atomic E-state index is 0.390. The van der Waals surface area contributed by atoms with Gasteiger partial charge in [-0.1, -0.05) is 50.5 Å². The average Bonchev–Trinajstić information content (AvgIpc) is 2.39. The number of unbranched alkanes of at least 4 members (excludes halogenated alkanes) is 3. The Balaban J connectivity index is 1.82. The van der Waals surface area contributed by atoms with Crippen LogP contribution in [0.1, 0.15) is 49.8 Å². The molecule has 0 amide bonds. The molecule has 17 heavy (non-hydrogen) atoms. The Labute approximate surface area is 104 Å². The predicted molar refractivity (Wildman–Crippen MR) is 71.0 cm³/mol. The SMILES string of the molecule is CCCCCCNC1COCc2ccccc21. The Morgan fingerprint density at radius 2 is 2.12 bits per heavy atom. The molecule has 0 aliphatic carbocycles. The molecular weight excluding hydrogens is 210 g/mol. The van der Waals surface area contributed by atoms with E-state index in [2.05, 4.69) is 36.5 Å². The standard InChI is InChI=1S/C15H23NO/c1-2-3-4-7-10-16-15-12-17-11-13-8-5-6-9-14(13)15/h5-6,8-9,15-16H,2-4,7,10-12H2,1H3. The van der Waals surface area contributed by atoms with Gasteiger partial charge in [0.1, 0.15) is 0 Å². The van der Waals surface area contributed by atoms with Crippen LogP contribution in [-0.4, -0.2) is 13.2 Å². The molecule has 0 saturated carbocycles. The quantitative estimate of drug-likeness (QED) is 0.760. The van der Waals surface area contributed by atoms with Crippen LogP contribution in [0.2, 0.25) is 0 Å². The number of hydrogen-bond donors (Lipinski definition) is 1. The molecule has 1 unspecified atom stereocenters. The van der Waals surface area contributed by atoms with Crippen LogP contribution in [0.15, 0.2) is 24.3 Å². The van der Waals surface area contributed by atoms with Gasteiger partial charge in [0.05, 0.1) is 19.3 Å². The summed E-state index contributed by atoms with van der Waals surface area (Å²) in [5, 5.41) is 3.61. The molecule has 0 saturated heterocycles. The Kier molecular flexibility index (Phi) is 5.02. The van der Waals surface area contributed by atoms with Crippen molar-refractivity contribution in [1.29, 1.82) is 0 Å². The summed E-state index contributed by atoms with van der Waals surface area (Å²) in [5.41, 5.74) is 2.76. The van der Waals surface area contributed by atoms with Crippen LogP contribution in [-0.2, 0) is 11.3 Å². The van der Waals surface area contributed by atoms with Gasteiger partial charge in [0.25, 0.3) is 0 Å². The zero-order valence-electron chi connectivity index (χ0n) is 10.7. The molecule has 0 radical (unpaired) electrons. The number of benzene rings is 1. The van der Waals surface area contributed by atoms with E-state index >= 15 is 0 Å². The van der Waals surface area contributed by atoms with Crippen LogP contribution < -0.4 is 5.32 Å². The second-order valence-electron chi connectivity index (χ2n) is 4.78. The lowest BCUT2D eigenvalue weighted by molar-refractivity contribution is 0.0821. The molecule has 2 heteroatoms. The summed E-state index contributed by atoms with van der Waals surface area (Å²) in [6.07, 6.45) is 5.25. The van der Waals surface area contributed by atoms with Gasteiger partial charge in [0.15, 0.2) is 0 Å². The zero-order valence-corrected chi connectivity index (χ0v) is 10.7. The highest BCUT2D eigenvalue weighted by Crippen LogP contribution is 2.24. The number of nitrogens with one attached hydrogen (secondary N) is 1. The zero-order chi connectivity index (χ0) is 11.9. The molecular formula is C15H23NO. The van der Waals surface area contributed by atoms with Gasteiger partial charge in [-0.15, -0.1) is 0 Å². The minimum atomic E-state index is 0.390. The molecule has 1 aliphatic heterocycles. The summed E-state index contributed by atoms with van der Waals surface area (Å²) in [5.74, 6) is 0. The first-order chi connectivity index (χ1) is 8.42. The van der Waals surface area contributed by atoms with Crippen molar-refractivity contribution in [2.45, 2.75) is 45.3 Å². The predicted octanol–water partition coefficient (Wildman–Crippen LogP) is 3.43. The van der Waals surface area contributed by atoms with E-state index < -0.39 is 0 Å². The highest BCUT2D eigenvalue weighted by Gasteiger charge is 2.18. The second-order valence-corrected chi connectivity index (χ2v) is 4.78. The number of hydrogen-bond acceptors (Lipinski definition) is 2. The minimum Gasteiger partial charge on any atom is -0.375 e. The molecule has 0 fully saturated rings. The van der Waals surface area contributed by atoms with Crippen LogP contribution in [0.5, 0.6) is 0 Å². The third-order valence-electron chi connectivity index (χ3n) is 3.39. The fourth-order valence-electron chi connectivity index (χ4n) is 2.38. The lowest BCUT2D eigenvalue weighted by Crippen LogP contribution is -2.30. The van der Waals surface area contributed by atoms with E-state index in [0.29, 0.717) is 6.04 Å². The summed E-state index contributed by atoms with van der Waals surface area (Å²) in [4.78, 5) is 0. The largest absolute Gasteiger partial charge is 0.375 e. The van der Waals surface area contributed by atoms with Crippen molar-refractivity contribution >= 4 is 0 Å². The first kappa shape index (κ1) is 12.6. The van der Waals surface area contributed by atoms with E-state index in [-0.39, 0.29) is 0 Å². The molecule has 1 atom stereocenters. The third kappa shape index (κ3) is 3.55. The van der Waals surface area contributed by atoms with E-state index in [1.54, 1.807) is 0 Å². The second kappa shape index (κ2) is 6.77. The van der Waals surface area contributed by atoms with E-state index in [0.717, 1.165) is 19.8 Å². The Hall–Kier alpha value is -0.860. The van der Waals surface area contributed by atoms with Gasteiger partial charge in [-0.05, 0) is 24.1 Å². The van der Waals surface area contributed by atoms with Crippen LogP contribution in [0.4, 0.5) is 0 Å². The van der Waals surface area contributed by atoms with Crippen molar-refractivity contribution in [3.63, 3.8) is 0 Å². The third-order valence-corrected chi connectivity index (χ3v) is 3.39. The number of rotatable bonds is 6. The Morgan fingerprint density at radius 3 is 3.00 bits per heavy atom. The molecule has 0 bridgehead atoms. The van der Waals surface area contributed by atoms with Crippen LogP contribution in [0.3, 0.4) is 0 Å². The number of ether oxygens (including phenoxy) is 1. The van der Waals surface area contributed by atoms with E-state index in [9.17, 15) is 0 Å². The summed E-state index contributed by atoms with van der Waals surface area (Å²) < 4.78 is 5.62. The Morgan fingerprint density at radius 1 is 1.24 bits per heavy atom. The van der Waals surface area contributed by atoms with Gasteiger partial charge in [-0.3, -0.25) is 0 Å².